The number of halogens is 1. The van der Waals surface area contributed by atoms with Gasteiger partial charge >= 0.3 is 5.69 Å². The normalized spacial score (nSPS) is 10.7. The summed E-state index contributed by atoms with van der Waals surface area (Å²) in [5.74, 6) is 0.563. The molecule has 102 valence electrons. The lowest BCUT2D eigenvalue weighted by Gasteiger charge is -2.06. The summed E-state index contributed by atoms with van der Waals surface area (Å²) in [5, 5.41) is 10.7. The van der Waals surface area contributed by atoms with Gasteiger partial charge in [0.15, 0.2) is 5.16 Å². The van der Waals surface area contributed by atoms with E-state index in [1.54, 1.807) is 13.2 Å². The maximum absolute atomic E-state index is 11.3. The number of rotatable bonds is 5. The maximum Gasteiger partial charge on any atom is 0.343 e. The van der Waals surface area contributed by atoms with Crippen LogP contribution in [0.15, 0.2) is 25.6 Å². The molecule has 0 aliphatic carbocycles. The van der Waals surface area contributed by atoms with E-state index >= 15 is 0 Å². The van der Waals surface area contributed by atoms with Gasteiger partial charge in [0.25, 0.3) is 0 Å². The van der Waals surface area contributed by atoms with Gasteiger partial charge in [-0.15, -0.1) is 5.10 Å². The number of hydrogen-bond donors (Lipinski definition) is 2. The van der Waals surface area contributed by atoms with Crippen LogP contribution in [0.25, 0.3) is 0 Å². The van der Waals surface area contributed by atoms with Crippen LogP contribution in [0.3, 0.4) is 0 Å². The molecule has 2 aromatic heterocycles. The van der Waals surface area contributed by atoms with Gasteiger partial charge in [-0.3, -0.25) is 4.57 Å². The number of nitrogens with one attached hydrogen (secondary N) is 2. The number of aromatic nitrogens is 5. The Labute approximate surface area is 122 Å². The molecular formula is C10H13BrN6OS. The molecule has 0 saturated heterocycles. The second-order valence-electron chi connectivity index (χ2n) is 3.75. The van der Waals surface area contributed by atoms with Crippen LogP contribution in [-0.2, 0) is 7.05 Å². The fourth-order valence-electron chi connectivity index (χ4n) is 1.26. The van der Waals surface area contributed by atoms with Gasteiger partial charge < -0.3 is 5.32 Å². The Balaban J connectivity index is 2.23. The molecule has 7 nitrogen and oxygen atoms in total. The van der Waals surface area contributed by atoms with Crippen molar-refractivity contribution in [1.82, 2.24) is 24.7 Å². The van der Waals surface area contributed by atoms with Gasteiger partial charge in [-0.25, -0.2) is 19.9 Å². The zero-order valence-corrected chi connectivity index (χ0v) is 12.9. The Morgan fingerprint density at radius 1 is 1.58 bits per heavy atom. The Bertz CT molecular complexity index is 625. The van der Waals surface area contributed by atoms with Crippen LogP contribution in [0, 0.1) is 0 Å². The summed E-state index contributed by atoms with van der Waals surface area (Å²) in [6, 6.07) is 0. The third-order valence-corrected chi connectivity index (χ3v) is 4.17. The third-order valence-electron chi connectivity index (χ3n) is 2.27. The van der Waals surface area contributed by atoms with Crippen LogP contribution in [0.2, 0.25) is 0 Å². The molecule has 2 N–H and O–H groups in total. The predicted molar refractivity (Wildman–Crippen MR) is 76.5 cm³/mol. The van der Waals surface area contributed by atoms with E-state index in [2.05, 4.69) is 48.3 Å². The molecule has 0 unspecified atom stereocenters. The fraction of sp³-hybridized carbons (Fsp3) is 0.400. The first-order valence-corrected chi connectivity index (χ1v) is 7.28. The summed E-state index contributed by atoms with van der Waals surface area (Å²) >= 11 is 4.68. The second-order valence-corrected chi connectivity index (χ2v) is 5.56. The molecular weight excluding hydrogens is 332 g/mol. The van der Waals surface area contributed by atoms with E-state index in [0.717, 1.165) is 17.4 Å². The summed E-state index contributed by atoms with van der Waals surface area (Å²) in [7, 11) is 1.65. The summed E-state index contributed by atoms with van der Waals surface area (Å²) in [4.78, 5) is 19.8. The predicted octanol–water partition coefficient (Wildman–Crippen LogP) is 1.63. The van der Waals surface area contributed by atoms with Crippen molar-refractivity contribution < 1.29 is 0 Å². The molecule has 9 heteroatoms. The molecule has 0 saturated carbocycles. The first-order valence-electron chi connectivity index (χ1n) is 5.67. The molecule has 0 spiro atoms. The minimum absolute atomic E-state index is 0.253. The van der Waals surface area contributed by atoms with Crippen molar-refractivity contribution in [2.24, 2.45) is 7.05 Å². The Morgan fingerprint density at radius 3 is 3.00 bits per heavy atom. The van der Waals surface area contributed by atoms with Gasteiger partial charge in [-0.2, -0.15) is 0 Å². The van der Waals surface area contributed by atoms with E-state index in [1.807, 2.05) is 0 Å². The molecule has 0 amide bonds. The summed E-state index contributed by atoms with van der Waals surface area (Å²) in [5.41, 5.74) is -0.253. The first-order chi connectivity index (χ1) is 9.11. The molecule has 0 fully saturated rings. The fourth-order valence-corrected chi connectivity index (χ4v) is 2.46. The molecule has 0 aromatic carbocycles. The number of anilines is 1. The van der Waals surface area contributed by atoms with E-state index in [4.69, 9.17) is 0 Å². The highest BCUT2D eigenvalue weighted by atomic mass is 79.9. The molecule has 0 bridgehead atoms. The summed E-state index contributed by atoms with van der Waals surface area (Å²) < 4.78 is 2.19. The van der Waals surface area contributed by atoms with Crippen LogP contribution in [0.4, 0.5) is 5.95 Å². The molecule has 2 aromatic rings. The molecule has 0 atom stereocenters. The van der Waals surface area contributed by atoms with Gasteiger partial charge in [0.05, 0.1) is 4.47 Å². The summed E-state index contributed by atoms with van der Waals surface area (Å²) in [6.45, 7) is 2.88. The average Bonchev–Trinajstić information content (AvgIpc) is 2.71. The van der Waals surface area contributed by atoms with Crippen molar-refractivity contribution in [3.05, 3.63) is 21.2 Å². The zero-order valence-electron chi connectivity index (χ0n) is 10.5. The zero-order chi connectivity index (χ0) is 13.8. The van der Waals surface area contributed by atoms with Crippen LogP contribution < -0.4 is 11.0 Å². The second kappa shape index (κ2) is 6.20. The topological polar surface area (TPSA) is 88.5 Å². The van der Waals surface area contributed by atoms with Crippen LogP contribution in [0.1, 0.15) is 13.3 Å². The van der Waals surface area contributed by atoms with Crippen molar-refractivity contribution >= 4 is 33.6 Å². The van der Waals surface area contributed by atoms with Crippen molar-refractivity contribution in [3.63, 3.8) is 0 Å². The first kappa shape index (κ1) is 14.1. The smallest absolute Gasteiger partial charge is 0.343 e. The lowest BCUT2D eigenvalue weighted by atomic mass is 10.5. The van der Waals surface area contributed by atoms with Gasteiger partial charge in [0, 0.05) is 19.8 Å². The third kappa shape index (κ3) is 3.35. The van der Waals surface area contributed by atoms with Crippen molar-refractivity contribution in [2.75, 3.05) is 11.9 Å². The average molecular weight is 345 g/mol. The maximum atomic E-state index is 11.3. The number of hydrogen-bond acceptors (Lipinski definition) is 6. The Hall–Kier alpha value is -1.35. The molecule has 0 aliphatic heterocycles. The van der Waals surface area contributed by atoms with Crippen LogP contribution in [-0.4, -0.2) is 31.3 Å². The quantitative estimate of drug-likeness (QED) is 0.801. The van der Waals surface area contributed by atoms with Crippen molar-refractivity contribution in [1.29, 1.82) is 0 Å². The minimum Gasteiger partial charge on any atom is -0.354 e. The highest BCUT2D eigenvalue weighted by Gasteiger charge is 2.11. The van der Waals surface area contributed by atoms with Gasteiger partial charge in [-0.1, -0.05) is 6.92 Å². The monoisotopic (exact) mass is 344 g/mol. The molecule has 0 radical (unpaired) electrons. The highest BCUT2D eigenvalue weighted by molar-refractivity contribution is 9.10. The van der Waals surface area contributed by atoms with E-state index in [9.17, 15) is 4.79 Å². The van der Waals surface area contributed by atoms with Crippen LogP contribution in [0.5, 0.6) is 0 Å². The summed E-state index contributed by atoms with van der Waals surface area (Å²) in [6.07, 6.45) is 2.67. The Kier molecular flexibility index (Phi) is 4.59. The molecule has 2 heterocycles. The van der Waals surface area contributed by atoms with E-state index < -0.39 is 0 Å². The van der Waals surface area contributed by atoms with Gasteiger partial charge in [-0.05, 0) is 34.1 Å². The minimum atomic E-state index is -0.253. The van der Waals surface area contributed by atoms with Crippen LogP contribution >= 0.6 is 27.7 Å². The largest absolute Gasteiger partial charge is 0.354 e. The number of nitrogens with zero attached hydrogens (tertiary/aromatic N) is 4. The van der Waals surface area contributed by atoms with Gasteiger partial charge in [0.2, 0.25) is 5.95 Å². The number of aromatic amines is 1. The molecule has 19 heavy (non-hydrogen) atoms. The van der Waals surface area contributed by atoms with Gasteiger partial charge in [0.1, 0.15) is 5.03 Å². The Morgan fingerprint density at radius 2 is 2.37 bits per heavy atom. The molecule has 2 rings (SSSR count). The van der Waals surface area contributed by atoms with Crippen molar-refractivity contribution in [2.45, 2.75) is 23.5 Å². The van der Waals surface area contributed by atoms with E-state index in [0.29, 0.717) is 16.1 Å². The lowest BCUT2D eigenvalue weighted by molar-refractivity contribution is 0.764. The highest BCUT2D eigenvalue weighted by Crippen LogP contribution is 2.29. The standard InChI is InChI=1S/C10H13BrN6OS/c1-3-4-12-8-13-5-6(11)7(14-8)19-10-16-15-9(18)17(10)2/h5H,3-4H2,1-2H3,(H,15,18)(H,12,13,14). The van der Waals surface area contributed by atoms with E-state index in [1.165, 1.54) is 16.3 Å². The van der Waals surface area contributed by atoms with Crippen molar-refractivity contribution in [3.8, 4) is 0 Å². The SMILES string of the molecule is CCCNc1ncc(Br)c(Sc2n[nH]c(=O)n2C)n1. The number of H-pyrrole nitrogens is 1. The molecule has 0 aliphatic rings. The van der Waals surface area contributed by atoms with E-state index in [-0.39, 0.29) is 5.69 Å². The lowest BCUT2D eigenvalue weighted by Crippen LogP contribution is -2.13.